The topological polar surface area (TPSA) is 62.3 Å². The molecule has 2 heterocycles. The van der Waals surface area contributed by atoms with E-state index in [1.807, 2.05) is 26.2 Å². The number of thiazole rings is 1. The third kappa shape index (κ3) is 3.76. The highest BCUT2D eigenvalue weighted by Gasteiger charge is 2.24. The molecule has 1 saturated heterocycles. The fourth-order valence-corrected chi connectivity index (χ4v) is 2.85. The quantitative estimate of drug-likeness (QED) is 0.917. The first-order valence-corrected chi connectivity index (χ1v) is 7.29. The van der Waals surface area contributed by atoms with E-state index in [1.165, 1.54) is 11.3 Å². The van der Waals surface area contributed by atoms with Crippen molar-refractivity contribution in [3.63, 3.8) is 0 Å². The van der Waals surface area contributed by atoms with Crippen LogP contribution < -0.4 is 10.2 Å². The Balaban J connectivity index is 1.98. The van der Waals surface area contributed by atoms with Crippen LogP contribution in [0.2, 0.25) is 0 Å². The second-order valence-electron chi connectivity index (χ2n) is 5.75. The zero-order valence-corrected chi connectivity index (χ0v) is 12.3. The Morgan fingerprint density at radius 1 is 1.53 bits per heavy atom. The van der Waals surface area contributed by atoms with E-state index in [2.05, 4.69) is 10.3 Å². The monoisotopic (exact) mass is 281 g/mol. The van der Waals surface area contributed by atoms with Gasteiger partial charge in [0.05, 0.1) is 12.1 Å². The number of aromatic nitrogens is 1. The number of amides is 2. The number of nitrogens with one attached hydrogen (secondary N) is 1. The lowest BCUT2D eigenvalue weighted by Gasteiger charge is -2.20. The van der Waals surface area contributed by atoms with Gasteiger partial charge in [-0.2, -0.15) is 0 Å². The third-order valence-corrected chi connectivity index (χ3v) is 3.61. The van der Waals surface area contributed by atoms with Gasteiger partial charge in [0.25, 0.3) is 0 Å². The Morgan fingerprint density at radius 2 is 2.26 bits per heavy atom. The summed E-state index contributed by atoms with van der Waals surface area (Å²) in [5.74, 6) is 0.0807. The van der Waals surface area contributed by atoms with E-state index in [4.69, 9.17) is 0 Å². The number of hydrogen-bond acceptors (Lipinski definition) is 4. The highest BCUT2D eigenvalue weighted by atomic mass is 32.1. The van der Waals surface area contributed by atoms with Crippen LogP contribution in [-0.2, 0) is 16.0 Å². The van der Waals surface area contributed by atoms with Crippen LogP contribution >= 0.6 is 11.3 Å². The van der Waals surface area contributed by atoms with Crippen LogP contribution in [0.25, 0.3) is 0 Å². The molecule has 6 heteroatoms. The molecule has 0 aliphatic carbocycles. The highest BCUT2D eigenvalue weighted by molar-refractivity contribution is 7.14. The number of hydrogen-bond donors (Lipinski definition) is 1. The molecule has 19 heavy (non-hydrogen) atoms. The predicted molar refractivity (Wildman–Crippen MR) is 75.3 cm³/mol. The van der Waals surface area contributed by atoms with Crippen molar-refractivity contribution < 1.29 is 9.59 Å². The molecule has 2 amide bonds. The maximum atomic E-state index is 11.8. The zero-order valence-electron chi connectivity index (χ0n) is 11.5. The van der Waals surface area contributed by atoms with Crippen LogP contribution in [-0.4, -0.2) is 28.9 Å². The maximum Gasteiger partial charge on any atom is 0.228 e. The molecule has 0 saturated carbocycles. The minimum absolute atomic E-state index is 0.0444. The summed E-state index contributed by atoms with van der Waals surface area (Å²) >= 11 is 1.42. The molecule has 5 nitrogen and oxygen atoms in total. The van der Waals surface area contributed by atoms with Crippen LogP contribution in [0, 0.1) is 0 Å². The Morgan fingerprint density at radius 3 is 2.84 bits per heavy atom. The molecule has 1 aliphatic heterocycles. The average Bonchev–Trinajstić information content (AvgIpc) is 2.83. The Hall–Kier alpha value is -1.43. The van der Waals surface area contributed by atoms with Gasteiger partial charge in [-0.15, -0.1) is 11.3 Å². The van der Waals surface area contributed by atoms with E-state index in [-0.39, 0.29) is 23.8 Å². The average molecular weight is 281 g/mol. The largest absolute Gasteiger partial charge is 0.351 e. The number of carbonyl (C=O) groups excluding carboxylic acids is 2. The molecule has 104 valence electrons. The molecule has 0 atom stereocenters. The second kappa shape index (κ2) is 5.28. The lowest BCUT2D eigenvalue weighted by molar-refractivity contribution is -0.122. The minimum Gasteiger partial charge on any atom is -0.351 e. The summed E-state index contributed by atoms with van der Waals surface area (Å²) in [5.41, 5.74) is 0.488. The summed E-state index contributed by atoms with van der Waals surface area (Å²) in [5, 5.41) is 5.46. The van der Waals surface area contributed by atoms with Gasteiger partial charge < -0.3 is 5.32 Å². The van der Waals surface area contributed by atoms with Crippen molar-refractivity contribution in [2.24, 2.45) is 0 Å². The Bertz CT molecular complexity index is 490. The lowest BCUT2D eigenvalue weighted by Crippen LogP contribution is -2.41. The summed E-state index contributed by atoms with van der Waals surface area (Å²) in [6.45, 7) is 6.57. The number of carbonyl (C=O) groups is 2. The van der Waals surface area contributed by atoms with Gasteiger partial charge in [0.1, 0.15) is 0 Å². The summed E-state index contributed by atoms with van der Waals surface area (Å²) in [6, 6.07) is 0. The summed E-state index contributed by atoms with van der Waals surface area (Å²) in [4.78, 5) is 29.5. The first-order valence-electron chi connectivity index (χ1n) is 6.41. The maximum absolute atomic E-state index is 11.8. The van der Waals surface area contributed by atoms with Gasteiger partial charge in [-0.1, -0.05) is 0 Å². The Kier molecular flexibility index (Phi) is 3.89. The molecule has 1 aromatic rings. The fraction of sp³-hybridized carbons (Fsp3) is 0.615. The van der Waals surface area contributed by atoms with Gasteiger partial charge in [0.2, 0.25) is 11.8 Å². The van der Waals surface area contributed by atoms with E-state index < -0.39 is 0 Å². The lowest BCUT2D eigenvalue weighted by atomic mass is 10.1. The van der Waals surface area contributed by atoms with Gasteiger partial charge in [0, 0.05) is 23.9 Å². The number of nitrogens with zero attached hydrogens (tertiary/aromatic N) is 2. The van der Waals surface area contributed by atoms with E-state index in [0.29, 0.717) is 11.6 Å². The molecule has 2 rings (SSSR count). The van der Waals surface area contributed by atoms with E-state index in [1.54, 1.807) is 4.90 Å². The van der Waals surface area contributed by atoms with Crippen molar-refractivity contribution >= 4 is 28.3 Å². The van der Waals surface area contributed by atoms with Crippen LogP contribution in [0.15, 0.2) is 5.38 Å². The van der Waals surface area contributed by atoms with Crippen molar-refractivity contribution in [3.8, 4) is 0 Å². The molecule has 1 aromatic heterocycles. The van der Waals surface area contributed by atoms with Crippen molar-refractivity contribution in [2.45, 2.75) is 45.6 Å². The van der Waals surface area contributed by atoms with Crippen molar-refractivity contribution in [3.05, 3.63) is 11.1 Å². The number of rotatable bonds is 3. The van der Waals surface area contributed by atoms with E-state index in [9.17, 15) is 9.59 Å². The van der Waals surface area contributed by atoms with Crippen LogP contribution in [0.4, 0.5) is 5.13 Å². The van der Waals surface area contributed by atoms with Crippen LogP contribution in [0.3, 0.4) is 0 Å². The molecular formula is C13H19N3O2S. The first kappa shape index (κ1) is 14.0. The first-order chi connectivity index (χ1) is 8.85. The van der Waals surface area contributed by atoms with Crippen molar-refractivity contribution in [1.29, 1.82) is 0 Å². The normalized spacial score (nSPS) is 15.9. The molecular weight excluding hydrogens is 262 g/mol. The predicted octanol–water partition coefficient (Wildman–Crippen LogP) is 1.73. The van der Waals surface area contributed by atoms with Gasteiger partial charge in [0.15, 0.2) is 5.13 Å². The van der Waals surface area contributed by atoms with Gasteiger partial charge in [-0.05, 0) is 27.2 Å². The van der Waals surface area contributed by atoms with Crippen LogP contribution in [0.5, 0.6) is 0 Å². The highest BCUT2D eigenvalue weighted by Crippen LogP contribution is 2.25. The molecule has 0 spiro atoms. The molecule has 1 fully saturated rings. The summed E-state index contributed by atoms with van der Waals surface area (Å²) in [7, 11) is 0. The molecule has 0 bridgehead atoms. The Labute approximate surface area is 117 Å². The van der Waals surface area contributed by atoms with Crippen LogP contribution in [0.1, 0.15) is 39.3 Å². The van der Waals surface area contributed by atoms with E-state index in [0.717, 1.165) is 18.7 Å². The van der Waals surface area contributed by atoms with Crippen molar-refractivity contribution in [1.82, 2.24) is 10.3 Å². The standard InChI is InChI=1S/C13H19N3O2S/c1-13(2,3)15-10(17)7-9-8-19-12(14-9)16-6-4-5-11(16)18/h8H,4-7H2,1-3H3,(H,15,17). The van der Waals surface area contributed by atoms with Gasteiger partial charge in [-0.25, -0.2) is 4.98 Å². The second-order valence-corrected chi connectivity index (χ2v) is 6.58. The fourth-order valence-electron chi connectivity index (χ4n) is 1.98. The summed E-state index contributed by atoms with van der Waals surface area (Å²) < 4.78 is 0. The number of anilines is 1. The van der Waals surface area contributed by atoms with E-state index >= 15 is 0 Å². The molecule has 0 unspecified atom stereocenters. The van der Waals surface area contributed by atoms with Crippen molar-refractivity contribution in [2.75, 3.05) is 11.4 Å². The SMILES string of the molecule is CC(C)(C)NC(=O)Cc1csc(N2CCCC2=O)n1. The third-order valence-electron chi connectivity index (χ3n) is 2.70. The molecule has 1 N–H and O–H groups in total. The zero-order chi connectivity index (χ0) is 14.0. The molecule has 0 aromatic carbocycles. The van der Waals surface area contributed by atoms with Gasteiger partial charge >= 0.3 is 0 Å². The molecule has 1 aliphatic rings. The smallest absolute Gasteiger partial charge is 0.228 e. The minimum atomic E-state index is -0.235. The molecule has 0 radical (unpaired) electrons. The van der Waals surface area contributed by atoms with Gasteiger partial charge in [-0.3, -0.25) is 14.5 Å². The summed E-state index contributed by atoms with van der Waals surface area (Å²) in [6.07, 6.45) is 1.74.